The van der Waals surface area contributed by atoms with Crippen LogP contribution >= 0.6 is 11.6 Å². The van der Waals surface area contributed by atoms with E-state index in [4.69, 9.17) is 11.6 Å². The van der Waals surface area contributed by atoms with Crippen molar-refractivity contribution in [3.05, 3.63) is 45.6 Å². The van der Waals surface area contributed by atoms with Crippen molar-refractivity contribution in [3.8, 4) is 0 Å². The van der Waals surface area contributed by atoms with Crippen LogP contribution in [0.4, 0.5) is 10.5 Å². The number of benzene rings is 1. The van der Waals surface area contributed by atoms with E-state index in [1.165, 1.54) is 9.58 Å². The lowest BCUT2D eigenvalue weighted by Gasteiger charge is -2.26. The smallest absolute Gasteiger partial charge is 0.341 e. The van der Waals surface area contributed by atoms with Crippen molar-refractivity contribution < 1.29 is 9.59 Å². The van der Waals surface area contributed by atoms with E-state index in [0.29, 0.717) is 29.6 Å². The molecule has 3 heterocycles. The first-order chi connectivity index (χ1) is 12.5. The summed E-state index contributed by atoms with van der Waals surface area (Å²) in [6.07, 6.45) is 3.04. The monoisotopic (exact) mass is 375 g/mol. The molecule has 0 N–H and O–H groups in total. The Morgan fingerprint density at radius 3 is 2.46 bits per heavy atom. The van der Waals surface area contributed by atoms with E-state index in [9.17, 15) is 14.4 Å². The van der Waals surface area contributed by atoms with E-state index in [0.717, 1.165) is 23.9 Å². The maximum atomic E-state index is 12.8. The molecule has 2 aliphatic heterocycles. The molecule has 4 rings (SSSR count). The van der Waals surface area contributed by atoms with Crippen LogP contribution in [0.2, 0.25) is 5.02 Å². The Kier molecular flexibility index (Phi) is 4.28. The predicted molar refractivity (Wildman–Crippen MR) is 95.3 cm³/mol. The van der Waals surface area contributed by atoms with Gasteiger partial charge in [0.25, 0.3) is 0 Å². The Morgan fingerprint density at radius 2 is 1.77 bits per heavy atom. The van der Waals surface area contributed by atoms with E-state index >= 15 is 0 Å². The summed E-state index contributed by atoms with van der Waals surface area (Å²) >= 11 is 5.89. The number of hydrogen-bond acceptors (Lipinski definition) is 4. The molecule has 0 bridgehead atoms. The fourth-order valence-electron chi connectivity index (χ4n) is 3.41. The van der Waals surface area contributed by atoms with Crippen LogP contribution in [0.15, 0.2) is 29.1 Å². The molecule has 9 heteroatoms. The number of fused-ring (bicyclic) bond motifs is 1. The third-order valence-corrected chi connectivity index (χ3v) is 5.03. The lowest BCUT2D eigenvalue weighted by molar-refractivity contribution is -0.133. The van der Waals surface area contributed by atoms with Crippen LogP contribution in [0.3, 0.4) is 0 Å². The van der Waals surface area contributed by atoms with Crippen molar-refractivity contribution in [1.82, 2.24) is 19.2 Å². The molecule has 26 heavy (non-hydrogen) atoms. The second kappa shape index (κ2) is 6.60. The number of anilines is 1. The number of piperidine rings is 1. The van der Waals surface area contributed by atoms with Crippen LogP contribution in [-0.4, -0.2) is 44.3 Å². The number of carbonyl (C=O) groups is 2. The highest BCUT2D eigenvalue weighted by atomic mass is 35.5. The van der Waals surface area contributed by atoms with Crippen LogP contribution in [0.5, 0.6) is 0 Å². The molecule has 2 aromatic rings. The highest BCUT2D eigenvalue weighted by Crippen LogP contribution is 2.24. The fourth-order valence-corrected chi connectivity index (χ4v) is 3.54. The third kappa shape index (κ3) is 2.90. The van der Waals surface area contributed by atoms with Crippen molar-refractivity contribution in [1.29, 1.82) is 0 Å². The lowest BCUT2D eigenvalue weighted by Crippen LogP contribution is -2.42. The molecule has 0 unspecified atom stereocenters. The number of aromatic nitrogens is 3. The van der Waals surface area contributed by atoms with Gasteiger partial charge in [0.2, 0.25) is 5.91 Å². The van der Waals surface area contributed by atoms with Crippen LogP contribution < -0.4 is 10.6 Å². The summed E-state index contributed by atoms with van der Waals surface area (Å²) < 4.78 is 2.34. The van der Waals surface area contributed by atoms with Gasteiger partial charge in [0.1, 0.15) is 6.54 Å². The molecular formula is C17H18ClN5O3. The Balaban J connectivity index is 1.59. The Bertz CT molecular complexity index is 911. The first kappa shape index (κ1) is 16.8. The molecule has 0 aliphatic carbocycles. The average molecular weight is 376 g/mol. The van der Waals surface area contributed by atoms with E-state index in [1.807, 2.05) is 0 Å². The largest absolute Gasteiger partial charge is 0.365 e. The van der Waals surface area contributed by atoms with E-state index < -0.39 is 11.7 Å². The van der Waals surface area contributed by atoms with Crippen LogP contribution in [0, 0.1) is 0 Å². The first-order valence-electron chi connectivity index (χ1n) is 8.58. The van der Waals surface area contributed by atoms with Crippen LogP contribution in [0.25, 0.3) is 0 Å². The second-order valence-electron chi connectivity index (χ2n) is 6.47. The molecule has 0 radical (unpaired) electrons. The lowest BCUT2D eigenvalue weighted by atomic mass is 10.1. The van der Waals surface area contributed by atoms with Gasteiger partial charge in [-0.05, 0) is 43.5 Å². The summed E-state index contributed by atoms with van der Waals surface area (Å²) in [5.74, 6) is 0.175. The van der Waals surface area contributed by atoms with Crippen molar-refractivity contribution in [3.63, 3.8) is 0 Å². The zero-order valence-corrected chi connectivity index (χ0v) is 14.9. The quantitative estimate of drug-likeness (QED) is 0.817. The number of halogens is 1. The molecule has 1 saturated heterocycles. The zero-order chi connectivity index (χ0) is 18.3. The van der Waals surface area contributed by atoms with E-state index in [2.05, 4.69) is 4.98 Å². The third-order valence-electron chi connectivity index (χ3n) is 4.78. The summed E-state index contributed by atoms with van der Waals surface area (Å²) in [5, 5.41) is 0.571. The number of nitrogens with zero attached hydrogens (tertiary/aromatic N) is 5. The zero-order valence-electron chi connectivity index (χ0n) is 14.1. The minimum Gasteiger partial charge on any atom is -0.341 e. The van der Waals surface area contributed by atoms with Gasteiger partial charge in [0.15, 0.2) is 5.82 Å². The summed E-state index contributed by atoms with van der Waals surface area (Å²) in [7, 11) is 0. The van der Waals surface area contributed by atoms with Gasteiger partial charge in [0.05, 0.1) is 6.54 Å². The summed E-state index contributed by atoms with van der Waals surface area (Å²) in [6.45, 7) is 1.39. The predicted octanol–water partition coefficient (Wildman–Crippen LogP) is 1.70. The maximum absolute atomic E-state index is 12.8. The summed E-state index contributed by atoms with van der Waals surface area (Å²) in [5.41, 5.74) is 0.0840. The second-order valence-corrected chi connectivity index (χ2v) is 6.90. The molecule has 1 aromatic carbocycles. The van der Waals surface area contributed by atoms with E-state index in [1.54, 1.807) is 29.2 Å². The van der Waals surface area contributed by atoms with Crippen molar-refractivity contribution in [2.75, 3.05) is 18.0 Å². The van der Waals surface area contributed by atoms with Gasteiger partial charge >= 0.3 is 11.7 Å². The molecule has 2 amide bonds. The van der Waals surface area contributed by atoms with Gasteiger partial charge in [0, 0.05) is 23.8 Å². The van der Waals surface area contributed by atoms with E-state index in [-0.39, 0.29) is 19.0 Å². The normalized spacial score (nSPS) is 16.9. The minimum absolute atomic E-state index is 0.160. The molecular weight excluding hydrogens is 358 g/mol. The molecule has 2 aliphatic rings. The van der Waals surface area contributed by atoms with Gasteiger partial charge in [-0.3, -0.25) is 9.69 Å². The molecule has 0 saturated carbocycles. The van der Waals surface area contributed by atoms with Gasteiger partial charge in [-0.25, -0.2) is 14.3 Å². The van der Waals surface area contributed by atoms with Crippen molar-refractivity contribution in [2.45, 2.75) is 32.4 Å². The standard InChI is InChI=1S/C17H18ClN5O3/c18-12-4-6-13(7-5-12)21-10-14-19-16(25)22(23(14)17(21)26)11-15(24)20-8-2-1-3-9-20/h4-7H,1-3,8-11H2. The Hall–Kier alpha value is -2.61. The number of hydrogen-bond donors (Lipinski definition) is 0. The van der Waals surface area contributed by atoms with Crippen LogP contribution in [0.1, 0.15) is 25.1 Å². The average Bonchev–Trinajstić information content (AvgIpc) is 3.12. The molecule has 1 fully saturated rings. The Labute approximate surface area is 154 Å². The molecule has 1 aromatic heterocycles. The molecule has 0 spiro atoms. The number of carbonyl (C=O) groups excluding carboxylic acids is 2. The van der Waals surface area contributed by atoms with Crippen molar-refractivity contribution in [2.24, 2.45) is 0 Å². The maximum Gasteiger partial charge on any atom is 0.365 e. The SMILES string of the molecule is O=C(Cn1c(=O)nc2n1C(=O)N(c1ccc(Cl)cc1)C2)N1CCCCC1. The summed E-state index contributed by atoms with van der Waals surface area (Å²) in [4.78, 5) is 44.7. The topological polar surface area (TPSA) is 80.4 Å². The molecule has 8 nitrogen and oxygen atoms in total. The number of amides is 2. The summed E-state index contributed by atoms with van der Waals surface area (Å²) in [6, 6.07) is 6.45. The Morgan fingerprint density at radius 1 is 1.08 bits per heavy atom. The highest BCUT2D eigenvalue weighted by molar-refractivity contribution is 6.30. The fraction of sp³-hybridized carbons (Fsp3) is 0.412. The van der Waals surface area contributed by atoms with Gasteiger partial charge in [-0.1, -0.05) is 11.6 Å². The van der Waals surface area contributed by atoms with Crippen LogP contribution in [-0.2, 0) is 17.9 Å². The minimum atomic E-state index is -0.575. The molecule has 0 atom stereocenters. The van der Waals surface area contributed by atoms with Gasteiger partial charge in [-0.15, -0.1) is 0 Å². The highest BCUT2D eigenvalue weighted by Gasteiger charge is 2.34. The number of rotatable bonds is 3. The van der Waals surface area contributed by atoms with Gasteiger partial charge in [-0.2, -0.15) is 9.67 Å². The molecule has 136 valence electrons. The first-order valence-corrected chi connectivity index (χ1v) is 8.96. The van der Waals surface area contributed by atoms with Crippen molar-refractivity contribution >= 4 is 29.2 Å². The number of likely N-dealkylation sites (tertiary alicyclic amines) is 1. The van der Waals surface area contributed by atoms with Gasteiger partial charge < -0.3 is 4.90 Å².